The van der Waals surface area contributed by atoms with E-state index in [4.69, 9.17) is 0 Å². The first kappa shape index (κ1) is 11.9. The molecule has 0 saturated carbocycles. The molecule has 1 aromatic rings. The molecule has 0 aliphatic carbocycles. The van der Waals surface area contributed by atoms with Crippen molar-refractivity contribution in [3.63, 3.8) is 0 Å². The van der Waals surface area contributed by atoms with E-state index in [1.165, 1.54) is 11.1 Å². The van der Waals surface area contributed by atoms with Gasteiger partial charge in [-0.15, -0.1) is 0 Å². The van der Waals surface area contributed by atoms with E-state index in [1.54, 1.807) is 0 Å². The highest BCUT2D eigenvalue weighted by Crippen LogP contribution is 2.17. The molecule has 1 rings (SSSR count). The third-order valence-electron chi connectivity index (χ3n) is 2.14. The van der Waals surface area contributed by atoms with Gasteiger partial charge in [-0.05, 0) is 31.0 Å². The molecule has 76 valence electrons. The predicted molar refractivity (Wildman–Crippen MR) is 66.5 cm³/mol. The summed E-state index contributed by atoms with van der Waals surface area (Å²) >= 11 is 6.69. The van der Waals surface area contributed by atoms with Gasteiger partial charge in [0.25, 0.3) is 0 Å². The van der Waals surface area contributed by atoms with E-state index < -0.39 is 0 Å². The summed E-state index contributed by atoms with van der Waals surface area (Å²) in [7, 11) is 0. The van der Waals surface area contributed by atoms with Crippen LogP contribution in [0.15, 0.2) is 18.2 Å². The minimum absolute atomic E-state index is 0.117. The fourth-order valence-corrected chi connectivity index (χ4v) is 2.07. The van der Waals surface area contributed by atoms with Gasteiger partial charge in [0.05, 0.1) is 4.83 Å². The Labute approximate surface area is 101 Å². The monoisotopic (exact) mass is 318 g/mol. The highest BCUT2D eigenvalue weighted by molar-refractivity contribution is 9.10. The number of hydrogen-bond acceptors (Lipinski definition) is 1. The molecule has 14 heavy (non-hydrogen) atoms. The summed E-state index contributed by atoms with van der Waals surface area (Å²) in [6.07, 6.45) is 0. The van der Waals surface area contributed by atoms with Crippen LogP contribution in [0.4, 0.5) is 0 Å². The van der Waals surface area contributed by atoms with E-state index >= 15 is 0 Å². The van der Waals surface area contributed by atoms with Gasteiger partial charge in [-0.25, -0.2) is 0 Å². The Balaban J connectivity index is 3.06. The summed E-state index contributed by atoms with van der Waals surface area (Å²) in [4.78, 5) is 11.5. The predicted octanol–water partition coefficient (Wildman–Crippen LogP) is 3.86. The average molecular weight is 320 g/mol. The molecular weight excluding hydrogens is 308 g/mol. The summed E-state index contributed by atoms with van der Waals surface area (Å²) in [6, 6.07) is 5.81. The number of halogens is 2. The van der Waals surface area contributed by atoms with Crippen molar-refractivity contribution in [3.05, 3.63) is 34.9 Å². The van der Waals surface area contributed by atoms with Crippen LogP contribution in [0, 0.1) is 6.92 Å². The number of hydrogen-bond donors (Lipinski definition) is 0. The molecule has 0 heterocycles. The van der Waals surface area contributed by atoms with E-state index in [2.05, 4.69) is 31.9 Å². The molecule has 0 amide bonds. The molecule has 1 nitrogen and oxygen atoms in total. The largest absolute Gasteiger partial charge is 0.293 e. The minimum Gasteiger partial charge on any atom is -0.293 e. The number of carbonyl (C=O) groups is 1. The Morgan fingerprint density at radius 1 is 1.50 bits per heavy atom. The van der Waals surface area contributed by atoms with Gasteiger partial charge in [0, 0.05) is 10.9 Å². The topological polar surface area (TPSA) is 17.1 Å². The number of benzene rings is 1. The quantitative estimate of drug-likeness (QED) is 0.611. The minimum atomic E-state index is -0.117. The maximum absolute atomic E-state index is 11.7. The van der Waals surface area contributed by atoms with E-state index in [0.29, 0.717) is 0 Å². The molecule has 0 bridgehead atoms. The van der Waals surface area contributed by atoms with Gasteiger partial charge < -0.3 is 0 Å². The third-order valence-corrected chi connectivity index (χ3v) is 3.16. The molecule has 0 N–H and O–H groups in total. The van der Waals surface area contributed by atoms with Crippen molar-refractivity contribution in [2.75, 3.05) is 0 Å². The fraction of sp³-hybridized carbons (Fsp3) is 0.364. The zero-order valence-corrected chi connectivity index (χ0v) is 11.4. The van der Waals surface area contributed by atoms with Crippen molar-refractivity contribution >= 4 is 37.6 Å². The van der Waals surface area contributed by atoms with Crippen LogP contribution in [0.5, 0.6) is 0 Å². The maximum Gasteiger partial charge on any atom is 0.176 e. The molecule has 0 aromatic heterocycles. The first-order valence-corrected chi connectivity index (χ1v) is 6.43. The SMILES string of the molecule is Cc1ccc(C(=O)C(C)Br)cc1CBr. The van der Waals surface area contributed by atoms with Gasteiger partial charge in [-0.3, -0.25) is 4.79 Å². The highest BCUT2D eigenvalue weighted by atomic mass is 79.9. The van der Waals surface area contributed by atoms with Gasteiger partial charge in [0.15, 0.2) is 5.78 Å². The molecule has 1 atom stereocenters. The van der Waals surface area contributed by atoms with Crippen LogP contribution in [0.1, 0.15) is 28.4 Å². The van der Waals surface area contributed by atoms with Crippen molar-refractivity contribution in [2.24, 2.45) is 0 Å². The van der Waals surface area contributed by atoms with Gasteiger partial charge in [-0.1, -0.05) is 44.0 Å². The molecular formula is C11H12Br2O. The lowest BCUT2D eigenvalue weighted by Gasteiger charge is -2.06. The van der Waals surface area contributed by atoms with Crippen LogP contribution in [-0.2, 0) is 5.33 Å². The molecule has 0 spiro atoms. The molecule has 0 saturated heterocycles. The Hall–Kier alpha value is -0.150. The highest BCUT2D eigenvalue weighted by Gasteiger charge is 2.12. The van der Waals surface area contributed by atoms with Crippen molar-refractivity contribution in [1.82, 2.24) is 0 Å². The average Bonchev–Trinajstić information content (AvgIpc) is 2.17. The van der Waals surface area contributed by atoms with Crippen LogP contribution in [0.25, 0.3) is 0 Å². The van der Waals surface area contributed by atoms with Crippen molar-refractivity contribution in [2.45, 2.75) is 24.0 Å². The van der Waals surface area contributed by atoms with E-state index in [0.717, 1.165) is 10.9 Å². The molecule has 0 aliphatic rings. The first-order chi connectivity index (χ1) is 6.56. The number of alkyl halides is 2. The molecule has 1 aromatic carbocycles. The van der Waals surface area contributed by atoms with Gasteiger partial charge in [-0.2, -0.15) is 0 Å². The Bertz CT molecular complexity index is 345. The Morgan fingerprint density at radius 3 is 2.64 bits per heavy atom. The third kappa shape index (κ3) is 2.67. The number of ketones is 1. The fourth-order valence-electron chi connectivity index (χ4n) is 1.20. The number of carbonyl (C=O) groups excluding carboxylic acids is 1. The second kappa shape index (κ2) is 5.08. The molecule has 0 radical (unpaired) electrons. The van der Waals surface area contributed by atoms with Crippen molar-refractivity contribution < 1.29 is 4.79 Å². The van der Waals surface area contributed by atoms with E-state index in [-0.39, 0.29) is 10.6 Å². The van der Waals surface area contributed by atoms with Crippen LogP contribution >= 0.6 is 31.9 Å². The number of aryl methyl sites for hydroxylation is 1. The summed E-state index contributed by atoms with van der Waals surface area (Å²) in [5.41, 5.74) is 3.15. The van der Waals surface area contributed by atoms with Crippen molar-refractivity contribution in [3.8, 4) is 0 Å². The molecule has 0 aliphatic heterocycles. The number of Topliss-reactive ketones (excluding diaryl/α,β-unsaturated/α-hetero) is 1. The van der Waals surface area contributed by atoms with Crippen LogP contribution in [0.3, 0.4) is 0 Å². The molecule has 0 fully saturated rings. The standard InChI is InChI=1S/C11H12Br2O/c1-7-3-4-9(5-10(7)6-12)11(14)8(2)13/h3-5,8H,6H2,1-2H3. The van der Waals surface area contributed by atoms with Gasteiger partial charge >= 0.3 is 0 Å². The lowest BCUT2D eigenvalue weighted by molar-refractivity contribution is 0.0996. The van der Waals surface area contributed by atoms with Crippen LogP contribution < -0.4 is 0 Å². The van der Waals surface area contributed by atoms with E-state index in [9.17, 15) is 4.79 Å². The van der Waals surface area contributed by atoms with Crippen LogP contribution in [-0.4, -0.2) is 10.6 Å². The maximum atomic E-state index is 11.7. The summed E-state index contributed by atoms with van der Waals surface area (Å²) < 4.78 is 0. The molecule has 3 heteroatoms. The Kier molecular flexibility index (Phi) is 4.32. The molecule has 1 unspecified atom stereocenters. The van der Waals surface area contributed by atoms with Gasteiger partial charge in [0.2, 0.25) is 0 Å². The summed E-state index contributed by atoms with van der Waals surface area (Å²) in [5.74, 6) is 0.132. The lowest BCUT2D eigenvalue weighted by Crippen LogP contribution is -2.10. The second-order valence-corrected chi connectivity index (χ2v) is 5.19. The lowest BCUT2D eigenvalue weighted by atomic mass is 10.0. The zero-order valence-electron chi connectivity index (χ0n) is 8.18. The second-order valence-electron chi connectivity index (χ2n) is 3.26. The van der Waals surface area contributed by atoms with Gasteiger partial charge in [0.1, 0.15) is 0 Å². The summed E-state index contributed by atoms with van der Waals surface area (Å²) in [5, 5.41) is 0.788. The number of rotatable bonds is 3. The first-order valence-electron chi connectivity index (χ1n) is 4.40. The van der Waals surface area contributed by atoms with Crippen molar-refractivity contribution in [1.29, 1.82) is 0 Å². The zero-order chi connectivity index (χ0) is 10.7. The smallest absolute Gasteiger partial charge is 0.176 e. The Morgan fingerprint density at radius 2 is 2.14 bits per heavy atom. The van der Waals surface area contributed by atoms with E-state index in [1.807, 2.05) is 32.0 Å². The summed E-state index contributed by atoms with van der Waals surface area (Å²) in [6.45, 7) is 3.89. The van der Waals surface area contributed by atoms with Crippen LogP contribution in [0.2, 0.25) is 0 Å². The normalized spacial score (nSPS) is 12.6.